The largest absolute Gasteiger partial charge is 0.304 e. The molecule has 0 aromatic carbocycles. The van der Waals surface area contributed by atoms with Gasteiger partial charge in [0, 0.05) is 25.7 Å². The fourth-order valence-corrected chi connectivity index (χ4v) is 2.93. The van der Waals surface area contributed by atoms with E-state index in [0.717, 1.165) is 26.1 Å². The maximum Gasteiger partial charge on any atom is 0.118 e. The van der Waals surface area contributed by atoms with Crippen molar-refractivity contribution in [3.05, 3.63) is 0 Å². The van der Waals surface area contributed by atoms with Crippen molar-refractivity contribution in [1.82, 2.24) is 9.80 Å². The summed E-state index contributed by atoms with van der Waals surface area (Å²) in [4.78, 5) is 4.66. The molecule has 3 heteroatoms. The molecule has 0 aliphatic carbocycles. The number of hydrogen-bond acceptors (Lipinski definition) is 2. The van der Waals surface area contributed by atoms with Crippen LogP contribution in [0.1, 0.15) is 20.3 Å². The van der Waals surface area contributed by atoms with Crippen LogP contribution in [-0.4, -0.2) is 54.7 Å². The Hall–Kier alpha value is -0.150. The minimum Gasteiger partial charge on any atom is -0.304 e. The minimum absolute atomic E-state index is 0.153. The van der Waals surface area contributed by atoms with E-state index in [-0.39, 0.29) is 6.04 Å². The molecule has 2 saturated heterocycles. The number of fused-ring (bicyclic) bond motifs is 1. The van der Waals surface area contributed by atoms with E-state index in [4.69, 9.17) is 0 Å². The lowest BCUT2D eigenvalue weighted by Gasteiger charge is -2.30. The summed E-state index contributed by atoms with van der Waals surface area (Å²) in [5, 5.41) is 0. The molecule has 0 N–H and O–H groups in total. The van der Waals surface area contributed by atoms with Crippen LogP contribution >= 0.6 is 0 Å². The second-order valence-electron chi connectivity index (χ2n) is 5.05. The first-order chi connectivity index (χ1) is 6.59. The molecular formula is C11H21FN2. The molecule has 2 fully saturated rings. The van der Waals surface area contributed by atoms with Gasteiger partial charge < -0.3 is 4.90 Å². The molecule has 0 aromatic rings. The first-order valence-corrected chi connectivity index (χ1v) is 5.68. The summed E-state index contributed by atoms with van der Waals surface area (Å²) in [6.07, 6.45) is 0.125. The zero-order valence-electron chi connectivity index (χ0n) is 9.41. The molecule has 2 aliphatic heterocycles. The third-order valence-electron chi connectivity index (χ3n) is 3.95. The second-order valence-corrected chi connectivity index (χ2v) is 5.05. The Morgan fingerprint density at radius 1 is 1.21 bits per heavy atom. The van der Waals surface area contributed by atoms with E-state index in [1.165, 1.54) is 0 Å². The molecule has 14 heavy (non-hydrogen) atoms. The van der Waals surface area contributed by atoms with E-state index in [1.54, 1.807) is 0 Å². The van der Waals surface area contributed by atoms with Crippen LogP contribution in [0.15, 0.2) is 0 Å². The predicted molar refractivity (Wildman–Crippen MR) is 56.1 cm³/mol. The summed E-state index contributed by atoms with van der Waals surface area (Å²) in [5.74, 6) is 0.648. The van der Waals surface area contributed by atoms with Crippen molar-refractivity contribution in [1.29, 1.82) is 0 Å². The van der Waals surface area contributed by atoms with Gasteiger partial charge in [0.2, 0.25) is 0 Å². The molecule has 2 heterocycles. The molecule has 0 aromatic heterocycles. The highest BCUT2D eigenvalue weighted by Gasteiger charge is 2.40. The number of halogens is 1. The fraction of sp³-hybridized carbons (Fsp3) is 1.00. The lowest BCUT2D eigenvalue weighted by molar-refractivity contribution is 0.137. The van der Waals surface area contributed by atoms with Gasteiger partial charge in [0.15, 0.2) is 0 Å². The number of hydrogen-bond donors (Lipinski definition) is 0. The Kier molecular flexibility index (Phi) is 2.80. The third kappa shape index (κ3) is 1.68. The molecule has 2 aliphatic rings. The van der Waals surface area contributed by atoms with Crippen LogP contribution < -0.4 is 0 Å². The van der Waals surface area contributed by atoms with Crippen molar-refractivity contribution in [3.63, 3.8) is 0 Å². The predicted octanol–water partition coefficient (Wildman–Crippen LogP) is 1.37. The van der Waals surface area contributed by atoms with E-state index < -0.39 is 6.17 Å². The van der Waals surface area contributed by atoms with Crippen LogP contribution in [0.25, 0.3) is 0 Å². The molecule has 0 saturated carbocycles. The van der Waals surface area contributed by atoms with Crippen LogP contribution in [0.2, 0.25) is 0 Å². The lowest BCUT2D eigenvalue weighted by atomic mass is 10.0. The molecule has 2 rings (SSSR count). The highest BCUT2D eigenvalue weighted by molar-refractivity contribution is 4.95. The van der Waals surface area contributed by atoms with Gasteiger partial charge in [-0.1, -0.05) is 6.92 Å². The quantitative estimate of drug-likeness (QED) is 0.583. The number of nitrogens with zero attached hydrogens (tertiary/aromatic N) is 2. The molecule has 0 spiro atoms. The first kappa shape index (κ1) is 10.4. The van der Waals surface area contributed by atoms with Crippen molar-refractivity contribution in [3.8, 4) is 0 Å². The Balaban J connectivity index is 2.15. The SMILES string of the molecule is C[C@@H]1CN(C)CC2C(F)CCN2[C@@H]1C. The summed E-state index contributed by atoms with van der Waals surface area (Å²) in [6.45, 7) is 7.46. The molecule has 4 atom stereocenters. The highest BCUT2D eigenvalue weighted by atomic mass is 19.1. The van der Waals surface area contributed by atoms with Crippen LogP contribution in [-0.2, 0) is 0 Å². The van der Waals surface area contributed by atoms with Gasteiger partial charge in [-0.05, 0) is 26.3 Å². The summed E-state index contributed by atoms with van der Waals surface area (Å²) in [6, 6.07) is 0.686. The smallest absolute Gasteiger partial charge is 0.118 e. The molecule has 82 valence electrons. The topological polar surface area (TPSA) is 6.48 Å². The number of rotatable bonds is 0. The van der Waals surface area contributed by atoms with Crippen LogP contribution in [0.3, 0.4) is 0 Å². The van der Waals surface area contributed by atoms with Gasteiger partial charge in [0.25, 0.3) is 0 Å². The van der Waals surface area contributed by atoms with Gasteiger partial charge in [-0.3, -0.25) is 4.90 Å². The van der Waals surface area contributed by atoms with E-state index in [0.29, 0.717) is 12.0 Å². The Morgan fingerprint density at radius 3 is 2.64 bits per heavy atom. The normalized spacial score (nSPS) is 46.3. The van der Waals surface area contributed by atoms with E-state index in [1.807, 2.05) is 0 Å². The van der Waals surface area contributed by atoms with Gasteiger partial charge >= 0.3 is 0 Å². The average molecular weight is 200 g/mol. The molecule has 2 unspecified atom stereocenters. The first-order valence-electron chi connectivity index (χ1n) is 5.68. The Morgan fingerprint density at radius 2 is 1.93 bits per heavy atom. The summed E-state index contributed by atoms with van der Waals surface area (Å²) >= 11 is 0. The van der Waals surface area contributed by atoms with Crippen LogP contribution in [0.4, 0.5) is 4.39 Å². The van der Waals surface area contributed by atoms with Crippen molar-refractivity contribution in [2.45, 2.75) is 38.5 Å². The highest BCUT2D eigenvalue weighted by Crippen LogP contribution is 2.29. The Bertz CT molecular complexity index is 209. The summed E-state index contributed by atoms with van der Waals surface area (Å²) in [7, 11) is 2.11. The average Bonchev–Trinajstić information content (AvgIpc) is 2.42. The van der Waals surface area contributed by atoms with E-state index in [2.05, 4.69) is 30.7 Å². The minimum atomic E-state index is -0.606. The lowest BCUT2D eigenvalue weighted by Crippen LogP contribution is -2.43. The molecule has 0 radical (unpaired) electrons. The summed E-state index contributed by atoms with van der Waals surface area (Å²) in [5.41, 5.74) is 0. The molecule has 0 amide bonds. The summed E-state index contributed by atoms with van der Waals surface area (Å²) < 4.78 is 13.6. The molecule has 2 nitrogen and oxygen atoms in total. The van der Waals surface area contributed by atoms with Gasteiger partial charge in [-0.15, -0.1) is 0 Å². The molecule has 0 bridgehead atoms. The zero-order chi connectivity index (χ0) is 10.3. The van der Waals surface area contributed by atoms with Gasteiger partial charge in [0.1, 0.15) is 6.17 Å². The van der Waals surface area contributed by atoms with Crippen molar-refractivity contribution < 1.29 is 4.39 Å². The van der Waals surface area contributed by atoms with E-state index >= 15 is 0 Å². The van der Waals surface area contributed by atoms with Gasteiger partial charge in [-0.25, -0.2) is 4.39 Å². The van der Waals surface area contributed by atoms with Crippen molar-refractivity contribution in [2.75, 3.05) is 26.7 Å². The Labute approximate surface area is 86.1 Å². The van der Waals surface area contributed by atoms with Crippen molar-refractivity contribution >= 4 is 0 Å². The number of likely N-dealkylation sites (N-methyl/N-ethyl adjacent to an activating group) is 1. The number of alkyl halides is 1. The van der Waals surface area contributed by atoms with E-state index in [9.17, 15) is 4.39 Å². The van der Waals surface area contributed by atoms with Gasteiger partial charge in [-0.2, -0.15) is 0 Å². The molecular weight excluding hydrogens is 179 g/mol. The zero-order valence-corrected chi connectivity index (χ0v) is 9.41. The maximum absolute atomic E-state index is 13.6. The second kappa shape index (κ2) is 3.78. The third-order valence-corrected chi connectivity index (χ3v) is 3.95. The fourth-order valence-electron chi connectivity index (χ4n) is 2.93. The van der Waals surface area contributed by atoms with Crippen molar-refractivity contribution in [2.24, 2.45) is 5.92 Å². The standard InChI is InChI=1S/C11H21FN2/c1-8-6-13(3)7-11-10(12)4-5-14(11)9(8)2/h8-11H,4-7H2,1-3H3/t8-,9-,10?,11?/m1/s1. The van der Waals surface area contributed by atoms with Crippen LogP contribution in [0, 0.1) is 5.92 Å². The van der Waals surface area contributed by atoms with Crippen LogP contribution in [0.5, 0.6) is 0 Å². The monoisotopic (exact) mass is 200 g/mol. The van der Waals surface area contributed by atoms with Gasteiger partial charge in [0.05, 0.1) is 6.04 Å². The maximum atomic E-state index is 13.6.